The standard InChI is InChI=1S/C16H14BrNO3/c1-10-2-4-12(17)7-13(10)16(19)18-8-11-3-5-14-15(6-11)21-9-20-14/h2-7H,8-9H2,1H3,(H,18,19). The molecule has 0 fully saturated rings. The van der Waals surface area contributed by atoms with Crippen molar-refractivity contribution in [3.05, 3.63) is 57.6 Å². The third-order valence-electron chi connectivity index (χ3n) is 3.33. The van der Waals surface area contributed by atoms with Gasteiger partial charge in [0, 0.05) is 16.6 Å². The van der Waals surface area contributed by atoms with Crippen LogP contribution in [-0.4, -0.2) is 12.7 Å². The average molecular weight is 348 g/mol. The van der Waals surface area contributed by atoms with Crippen LogP contribution in [0.2, 0.25) is 0 Å². The number of benzene rings is 2. The fraction of sp³-hybridized carbons (Fsp3) is 0.188. The van der Waals surface area contributed by atoms with Gasteiger partial charge in [0.1, 0.15) is 0 Å². The van der Waals surface area contributed by atoms with Crippen molar-refractivity contribution in [3.63, 3.8) is 0 Å². The molecule has 0 saturated heterocycles. The molecule has 0 aromatic heterocycles. The fourth-order valence-electron chi connectivity index (χ4n) is 2.17. The first-order valence-electron chi connectivity index (χ1n) is 6.56. The molecular weight excluding hydrogens is 334 g/mol. The molecule has 1 amide bonds. The van der Waals surface area contributed by atoms with E-state index in [1.165, 1.54) is 0 Å². The van der Waals surface area contributed by atoms with E-state index in [9.17, 15) is 4.79 Å². The van der Waals surface area contributed by atoms with E-state index in [1.54, 1.807) is 0 Å². The number of halogens is 1. The van der Waals surface area contributed by atoms with Gasteiger partial charge < -0.3 is 14.8 Å². The first-order chi connectivity index (χ1) is 10.1. The maximum Gasteiger partial charge on any atom is 0.251 e. The lowest BCUT2D eigenvalue weighted by Crippen LogP contribution is -2.23. The second-order valence-electron chi connectivity index (χ2n) is 4.83. The van der Waals surface area contributed by atoms with Gasteiger partial charge in [0.05, 0.1) is 0 Å². The second kappa shape index (κ2) is 5.77. The van der Waals surface area contributed by atoms with E-state index in [1.807, 2.05) is 43.3 Å². The van der Waals surface area contributed by atoms with Gasteiger partial charge in [-0.2, -0.15) is 0 Å². The number of nitrogens with one attached hydrogen (secondary N) is 1. The summed E-state index contributed by atoms with van der Waals surface area (Å²) in [5.74, 6) is 1.37. The van der Waals surface area contributed by atoms with Crippen LogP contribution in [0.3, 0.4) is 0 Å². The zero-order chi connectivity index (χ0) is 14.8. The zero-order valence-corrected chi connectivity index (χ0v) is 13.1. The highest BCUT2D eigenvalue weighted by molar-refractivity contribution is 9.10. The van der Waals surface area contributed by atoms with Gasteiger partial charge in [-0.25, -0.2) is 0 Å². The van der Waals surface area contributed by atoms with Crippen LogP contribution in [0.15, 0.2) is 40.9 Å². The van der Waals surface area contributed by atoms with Crippen molar-refractivity contribution >= 4 is 21.8 Å². The van der Waals surface area contributed by atoms with Crippen molar-refractivity contribution in [2.24, 2.45) is 0 Å². The number of carbonyl (C=O) groups is 1. The molecule has 1 heterocycles. The van der Waals surface area contributed by atoms with Gasteiger partial charge in [-0.1, -0.05) is 28.1 Å². The Bertz CT molecular complexity index is 700. The molecule has 0 saturated carbocycles. The molecule has 0 bridgehead atoms. The number of carbonyl (C=O) groups excluding carboxylic acids is 1. The minimum Gasteiger partial charge on any atom is -0.454 e. The average Bonchev–Trinajstić information content (AvgIpc) is 2.94. The van der Waals surface area contributed by atoms with Gasteiger partial charge >= 0.3 is 0 Å². The van der Waals surface area contributed by atoms with Crippen molar-refractivity contribution < 1.29 is 14.3 Å². The Labute approximate surface area is 131 Å². The lowest BCUT2D eigenvalue weighted by Gasteiger charge is -2.09. The molecule has 3 rings (SSSR count). The highest BCUT2D eigenvalue weighted by Gasteiger charge is 2.14. The van der Waals surface area contributed by atoms with Gasteiger partial charge in [0.25, 0.3) is 5.91 Å². The molecule has 21 heavy (non-hydrogen) atoms. The quantitative estimate of drug-likeness (QED) is 0.925. The first-order valence-corrected chi connectivity index (χ1v) is 7.35. The number of hydrogen-bond acceptors (Lipinski definition) is 3. The van der Waals surface area contributed by atoms with Crippen LogP contribution >= 0.6 is 15.9 Å². The maximum absolute atomic E-state index is 12.2. The predicted molar refractivity (Wildman–Crippen MR) is 82.6 cm³/mol. The summed E-state index contributed by atoms with van der Waals surface area (Å²) < 4.78 is 11.5. The molecule has 108 valence electrons. The normalized spacial score (nSPS) is 12.3. The predicted octanol–water partition coefficient (Wildman–Crippen LogP) is 3.42. The molecule has 0 aliphatic carbocycles. The van der Waals surface area contributed by atoms with Gasteiger partial charge in [-0.05, 0) is 42.3 Å². The lowest BCUT2D eigenvalue weighted by atomic mass is 10.1. The Morgan fingerprint density at radius 1 is 1.19 bits per heavy atom. The third-order valence-corrected chi connectivity index (χ3v) is 3.83. The molecule has 5 heteroatoms. The third kappa shape index (κ3) is 3.03. The summed E-state index contributed by atoms with van der Waals surface area (Å²) in [6.07, 6.45) is 0. The van der Waals surface area contributed by atoms with Crippen molar-refractivity contribution in [2.45, 2.75) is 13.5 Å². The zero-order valence-electron chi connectivity index (χ0n) is 11.5. The van der Waals surface area contributed by atoms with Crippen molar-refractivity contribution in [1.82, 2.24) is 5.32 Å². The molecule has 4 nitrogen and oxygen atoms in total. The monoisotopic (exact) mass is 347 g/mol. The van der Waals surface area contributed by atoms with E-state index in [4.69, 9.17) is 9.47 Å². The molecule has 1 aliphatic rings. The molecule has 0 radical (unpaired) electrons. The number of ether oxygens (including phenoxy) is 2. The van der Waals surface area contributed by atoms with Crippen LogP contribution in [0.25, 0.3) is 0 Å². The molecular formula is C16H14BrNO3. The molecule has 0 atom stereocenters. The summed E-state index contributed by atoms with van der Waals surface area (Å²) >= 11 is 3.38. The van der Waals surface area contributed by atoms with E-state index in [0.29, 0.717) is 12.1 Å². The van der Waals surface area contributed by atoms with E-state index >= 15 is 0 Å². The molecule has 2 aromatic carbocycles. The van der Waals surface area contributed by atoms with Crippen LogP contribution < -0.4 is 14.8 Å². The largest absolute Gasteiger partial charge is 0.454 e. The first kappa shape index (κ1) is 13.9. The highest BCUT2D eigenvalue weighted by atomic mass is 79.9. The van der Waals surface area contributed by atoms with Crippen molar-refractivity contribution in [2.75, 3.05) is 6.79 Å². The lowest BCUT2D eigenvalue weighted by molar-refractivity contribution is 0.0950. The molecule has 0 unspecified atom stereocenters. The number of hydrogen-bond donors (Lipinski definition) is 1. The summed E-state index contributed by atoms with van der Waals surface area (Å²) in [6.45, 7) is 2.62. The number of amides is 1. The maximum atomic E-state index is 12.2. The highest BCUT2D eigenvalue weighted by Crippen LogP contribution is 2.32. The summed E-state index contributed by atoms with van der Waals surface area (Å²) in [5, 5.41) is 2.92. The minimum atomic E-state index is -0.0912. The fourth-order valence-corrected chi connectivity index (χ4v) is 2.53. The summed E-state index contributed by atoms with van der Waals surface area (Å²) in [6, 6.07) is 11.3. The Morgan fingerprint density at radius 2 is 2.00 bits per heavy atom. The second-order valence-corrected chi connectivity index (χ2v) is 5.75. The van der Waals surface area contributed by atoms with E-state index in [2.05, 4.69) is 21.2 Å². The van der Waals surface area contributed by atoms with Crippen molar-refractivity contribution in [1.29, 1.82) is 0 Å². The van der Waals surface area contributed by atoms with Crippen LogP contribution in [0.4, 0.5) is 0 Å². The summed E-state index contributed by atoms with van der Waals surface area (Å²) in [4.78, 5) is 12.2. The smallest absolute Gasteiger partial charge is 0.251 e. The summed E-state index contributed by atoms with van der Waals surface area (Å²) in [7, 11) is 0. The molecule has 1 aliphatic heterocycles. The Kier molecular flexibility index (Phi) is 3.84. The SMILES string of the molecule is Cc1ccc(Br)cc1C(=O)NCc1ccc2c(c1)OCO2. The van der Waals surface area contributed by atoms with Crippen LogP contribution in [0.5, 0.6) is 11.5 Å². The van der Waals surface area contributed by atoms with Gasteiger partial charge in [0.15, 0.2) is 11.5 Å². The van der Waals surface area contributed by atoms with Crippen LogP contribution in [0, 0.1) is 6.92 Å². The Morgan fingerprint density at radius 3 is 2.86 bits per heavy atom. The Balaban J connectivity index is 1.70. The number of aryl methyl sites for hydroxylation is 1. The van der Waals surface area contributed by atoms with E-state index in [-0.39, 0.29) is 12.7 Å². The molecule has 1 N–H and O–H groups in total. The van der Waals surface area contributed by atoms with Gasteiger partial charge in [-0.15, -0.1) is 0 Å². The Hall–Kier alpha value is -2.01. The van der Waals surface area contributed by atoms with Crippen LogP contribution in [0.1, 0.15) is 21.5 Å². The number of fused-ring (bicyclic) bond motifs is 1. The van der Waals surface area contributed by atoms with Gasteiger partial charge in [0.2, 0.25) is 6.79 Å². The minimum absolute atomic E-state index is 0.0912. The molecule has 2 aromatic rings. The van der Waals surface area contributed by atoms with E-state index in [0.717, 1.165) is 27.1 Å². The van der Waals surface area contributed by atoms with Gasteiger partial charge in [-0.3, -0.25) is 4.79 Å². The van der Waals surface area contributed by atoms with Crippen molar-refractivity contribution in [3.8, 4) is 11.5 Å². The van der Waals surface area contributed by atoms with E-state index < -0.39 is 0 Å². The topological polar surface area (TPSA) is 47.6 Å². The summed E-state index contributed by atoms with van der Waals surface area (Å²) in [5.41, 5.74) is 2.59. The van der Waals surface area contributed by atoms with Crippen LogP contribution in [-0.2, 0) is 6.54 Å². The molecule has 0 spiro atoms. The number of rotatable bonds is 3.